The Hall–Kier alpha value is -1.97. The van der Waals surface area contributed by atoms with Crippen LogP contribution in [0.25, 0.3) is 20.9 Å². The number of ketones is 1. The Balaban J connectivity index is 0.00000210. The van der Waals surface area contributed by atoms with Gasteiger partial charge in [0.1, 0.15) is 5.82 Å². The number of hydrogen-bond acceptors (Lipinski definition) is 7. The zero-order valence-electron chi connectivity index (χ0n) is 13.2. The number of aromatic nitrogens is 3. The molecule has 138 valence electrons. The first-order valence-electron chi connectivity index (χ1n) is 7.18. The van der Waals surface area contributed by atoms with Crippen LogP contribution in [-0.4, -0.2) is 20.4 Å². The highest BCUT2D eigenvalue weighted by molar-refractivity contribution is 7.23. The highest BCUT2D eigenvalue weighted by Crippen LogP contribution is 2.30. The van der Waals surface area contributed by atoms with Crippen molar-refractivity contribution in [2.75, 3.05) is 5.73 Å². The second kappa shape index (κ2) is 7.57. The van der Waals surface area contributed by atoms with Crippen molar-refractivity contribution in [1.82, 2.24) is 14.6 Å². The lowest BCUT2D eigenvalue weighted by atomic mass is 10.1. The van der Waals surface area contributed by atoms with E-state index in [2.05, 4.69) is 10.1 Å². The number of anilines is 1. The molecule has 4 rings (SSSR count). The van der Waals surface area contributed by atoms with E-state index >= 15 is 0 Å². The van der Waals surface area contributed by atoms with Crippen molar-refractivity contribution in [3.05, 3.63) is 61.2 Å². The van der Waals surface area contributed by atoms with E-state index in [1.165, 1.54) is 45.4 Å². The Morgan fingerprint density at radius 2 is 1.89 bits per heavy atom. The van der Waals surface area contributed by atoms with E-state index in [4.69, 9.17) is 28.9 Å². The molecular weight excluding hydrogens is 451 g/mol. The zero-order valence-corrected chi connectivity index (χ0v) is 17.1. The quantitative estimate of drug-likeness (QED) is 0.623. The van der Waals surface area contributed by atoms with Crippen LogP contribution in [0.1, 0.15) is 5.56 Å². The Kier molecular flexibility index (Phi) is 5.55. The number of hydrogen-bond donors (Lipinski definition) is 1. The third-order valence-corrected chi connectivity index (χ3v) is 6.06. The summed E-state index contributed by atoms with van der Waals surface area (Å²) in [4.78, 5) is 29.4. The molecule has 0 amide bonds. The first kappa shape index (κ1) is 19.8. The van der Waals surface area contributed by atoms with Gasteiger partial charge in [-0.05, 0) is 35.2 Å². The second-order valence-corrected chi connectivity index (χ2v) is 7.97. The van der Waals surface area contributed by atoms with Crippen molar-refractivity contribution in [1.29, 1.82) is 0 Å². The van der Waals surface area contributed by atoms with Gasteiger partial charge in [0, 0.05) is 0 Å². The molecule has 1 aliphatic carbocycles. The average Bonchev–Trinajstić information content (AvgIpc) is 3.25. The molecule has 1 aliphatic rings. The van der Waals surface area contributed by atoms with Gasteiger partial charge in [0.05, 0.1) is 20.5 Å². The summed E-state index contributed by atoms with van der Waals surface area (Å²) in [5.41, 5.74) is 6.27. The molecule has 3 aromatic rings. The van der Waals surface area contributed by atoms with Gasteiger partial charge in [-0.2, -0.15) is 14.6 Å². The molecule has 0 bridgehead atoms. The van der Waals surface area contributed by atoms with E-state index < -0.39 is 11.3 Å². The summed E-state index contributed by atoms with van der Waals surface area (Å²) in [6, 6.07) is 3.84. The fourth-order valence-electron chi connectivity index (χ4n) is 2.35. The first-order chi connectivity index (χ1) is 12.4. The monoisotopic (exact) mass is 458 g/mol. The molecule has 0 spiro atoms. The van der Waals surface area contributed by atoms with Crippen molar-refractivity contribution in [2.24, 2.45) is 0 Å². The minimum Gasteiger partial charge on any atom is -0.383 e. The van der Waals surface area contributed by atoms with Crippen molar-refractivity contribution >= 4 is 80.9 Å². The lowest BCUT2D eigenvalue weighted by Crippen LogP contribution is -2.17. The normalized spacial score (nSPS) is 14.0. The van der Waals surface area contributed by atoms with Gasteiger partial charge in [0.25, 0.3) is 5.56 Å². The van der Waals surface area contributed by atoms with Gasteiger partial charge in [-0.1, -0.05) is 40.6 Å². The molecule has 0 atom stereocenters. The number of thiophene rings is 1. The highest BCUT2D eigenvalue weighted by Gasteiger charge is 2.19. The largest absolute Gasteiger partial charge is 0.383 e. The maximum atomic E-state index is 12.4. The molecule has 0 fully saturated rings. The first-order valence-corrected chi connectivity index (χ1v) is 9.63. The number of halogens is 3. The Labute approximate surface area is 176 Å². The van der Waals surface area contributed by atoms with Crippen molar-refractivity contribution in [2.45, 2.75) is 0 Å². The summed E-state index contributed by atoms with van der Waals surface area (Å²) >= 11 is 14.5. The number of carbonyl (C=O) groups excluding carboxylic acids is 1. The van der Waals surface area contributed by atoms with Crippen molar-refractivity contribution < 1.29 is 4.79 Å². The SMILES string of the molecule is Cl.Nc1c(C=C2C=C(Cl)C(=O)C(Cl)=C2)c(=O)nc2sc(-c3cccs3)nn12. The number of nitrogens with two attached hydrogens (primary N) is 1. The maximum Gasteiger partial charge on any atom is 0.283 e. The number of nitrogens with zero attached hydrogens (tertiary/aromatic N) is 3. The maximum absolute atomic E-state index is 12.4. The van der Waals surface area contributed by atoms with Gasteiger partial charge in [0.2, 0.25) is 10.7 Å². The van der Waals surface area contributed by atoms with Crippen LogP contribution >= 0.6 is 58.3 Å². The summed E-state index contributed by atoms with van der Waals surface area (Å²) in [6.45, 7) is 0. The Bertz CT molecular complexity index is 1180. The predicted molar refractivity (Wildman–Crippen MR) is 113 cm³/mol. The van der Waals surface area contributed by atoms with E-state index in [1.807, 2.05) is 17.5 Å². The van der Waals surface area contributed by atoms with E-state index in [-0.39, 0.29) is 33.9 Å². The molecule has 0 saturated heterocycles. The molecule has 0 aromatic carbocycles. The molecule has 3 aromatic heterocycles. The lowest BCUT2D eigenvalue weighted by molar-refractivity contribution is -0.111. The average molecular weight is 460 g/mol. The Morgan fingerprint density at radius 3 is 2.52 bits per heavy atom. The molecule has 0 unspecified atom stereocenters. The van der Waals surface area contributed by atoms with Crippen molar-refractivity contribution in [3.8, 4) is 9.88 Å². The van der Waals surface area contributed by atoms with Gasteiger partial charge >= 0.3 is 0 Å². The second-order valence-electron chi connectivity index (χ2n) is 5.25. The summed E-state index contributed by atoms with van der Waals surface area (Å²) in [5.74, 6) is -0.318. The van der Waals surface area contributed by atoms with E-state index in [0.717, 1.165) is 9.88 Å². The molecule has 0 radical (unpaired) electrons. The van der Waals surface area contributed by atoms with E-state index in [9.17, 15) is 9.59 Å². The highest BCUT2D eigenvalue weighted by atomic mass is 35.5. The fourth-order valence-corrected chi connectivity index (χ4v) is 4.54. The smallest absolute Gasteiger partial charge is 0.283 e. The minimum absolute atomic E-state index is 0. The summed E-state index contributed by atoms with van der Waals surface area (Å²) in [6.07, 6.45) is 4.32. The van der Waals surface area contributed by atoms with Gasteiger partial charge in [0.15, 0.2) is 5.01 Å². The third kappa shape index (κ3) is 3.59. The van der Waals surface area contributed by atoms with Gasteiger partial charge in [-0.15, -0.1) is 23.7 Å². The standard InChI is InChI=1S/C16H8Cl2N4O2S2.ClH/c17-9-5-7(6-10(18)12(9)23)4-8-13(19)22-16(20-14(8)24)26-15(21-22)11-2-1-3-25-11;/h1-6H,19H2;1H. The molecular formula is C16H9Cl3N4O2S2. The van der Waals surface area contributed by atoms with Crippen LogP contribution in [0.3, 0.4) is 0 Å². The Morgan fingerprint density at radius 1 is 1.19 bits per heavy atom. The number of carbonyl (C=O) groups is 1. The van der Waals surface area contributed by atoms with Gasteiger partial charge in [-0.3, -0.25) is 9.59 Å². The molecule has 27 heavy (non-hydrogen) atoms. The van der Waals surface area contributed by atoms with E-state index in [0.29, 0.717) is 10.5 Å². The molecule has 6 nitrogen and oxygen atoms in total. The van der Waals surface area contributed by atoms with Crippen LogP contribution < -0.4 is 11.3 Å². The molecule has 11 heteroatoms. The number of fused-ring (bicyclic) bond motifs is 1. The van der Waals surface area contributed by atoms with Gasteiger partial charge in [-0.25, -0.2) is 0 Å². The fraction of sp³-hybridized carbons (Fsp3) is 0. The minimum atomic E-state index is -0.498. The van der Waals surface area contributed by atoms with Crippen LogP contribution in [0, 0.1) is 0 Å². The van der Waals surface area contributed by atoms with Gasteiger partial charge < -0.3 is 5.73 Å². The third-order valence-electron chi connectivity index (χ3n) is 3.56. The summed E-state index contributed by atoms with van der Waals surface area (Å²) in [7, 11) is 0. The van der Waals surface area contributed by atoms with Crippen LogP contribution in [0.15, 0.2) is 50.1 Å². The molecule has 0 aliphatic heterocycles. The molecule has 0 saturated carbocycles. The number of rotatable bonds is 2. The number of Topliss-reactive ketones (excluding diaryl/α,β-unsaturated/α-hetero) is 1. The van der Waals surface area contributed by atoms with Crippen LogP contribution in [0.4, 0.5) is 5.82 Å². The lowest BCUT2D eigenvalue weighted by Gasteiger charge is -2.07. The number of nitrogen functional groups attached to an aromatic ring is 1. The van der Waals surface area contributed by atoms with Crippen molar-refractivity contribution in [3.63, 3.8) is 0 Å². The number of allylic oxidation sites excluding steroid dienone is 5. The topological polar surface area (TPSA) is 90.4 Å². The summed E-state index contributed by atoms with van der Waals surface area (Å²) < 4.78 is 1.43. The molecule has 3 heterocycles. The van der Waals surface area contributed by atoms with Crippen LogP contribution in [-0.2, 0) is 4.79 Å². The van der Waals surface area contributed by atoms with Crippen LogP contribution in [0.2, 0.25) is 0 Å². The zero-order chi connectivity index (χ0) is 18.4. The van der Waals surface area contributed by atoms with E-state index in [1.54, 1.807) is 0 Å². The molecule has 2 N–H and O–H groups in total. The summed E-state index contributed by atoms with van der Waals surface area (Å²) in [5, 5.41) is 7.03. The predicted octanol–water partition coefficient (Wildman–Crippen LogP) is 4.10. The van der Waals surface area contributed by atoms with Crippen LogP contribution in [0.5, 0.6) is 0 Å².